The molecule has 0 heterocycles. The summed E-state index contributed by atoms with van der Waals surface area (Å²) in [5, 5.41) is 11.3. The molecule has 0 unspecified atom stereocenters. The van der Waals surface area contributed by atoms with Gasteiger partial charge in [-0.15, -0.1) is 0 Å². The minimum absolute atomic E-state index is 0.124. The molecule has 5 heteroatoms. The fourth-order valence-corrected chi connectivity index (χ4v) is 5.37. The molecule has 2 saturated carbocycles. The first-order valence-corrected chi connectivity index (χ1v) is 9.70. The van der Waals surface area contributed by atoms with Gasteiger partial charge in [0.25, 0.3) is 0 Å². The molecule has 25 heavy (non-hydrogen) atoms. The maximum absolute atomic E-state index is 12.3. The Kier molecular flexibility index (Phi) is 4.95. The zero-order valence-corrected chi connectivity index (χ0v) is 15.8. The van der Waals surface area contributed by atoms with Crippen LogP contribution in [0.25, 0.3) is 0 Å². The summed E-state index contributed by atoms with van der Waals surface area (Å²) in [5.41, 5.74) is 0.402. The van der Waals surface area contributed by atoms with Crippen LogP contribution in [0.2, 0.25) is 0 Å². The van der Waals surface area contributed by atoms with Gasteiger partial charge >= 0.3 is 5.97 Å². The number of allylic oxidation sites excluding steroid dienone is 2. The molecule has 0 aliphatic heterocycles. The van der Waals surface area contributed by atoms with Gasteiger partial charge in [0, 0.05) is 4.92 Å². The van der Waals surface area contributed by atoms with Crippen LogP contribution >= 0.6 is 0 Å². The smallest absolute Gasteiger partial charge is 0.307 e. The Bertz CT molecular complexity index is 571. The Morgan fingerprint density at radius 1 is 1.36 bits per heavy atom. The monoisotopic (exact) mass is 349 g/mol. The lowest BCUT2D eigenvalue weighted by atomic mass is 9.53. The van der Waals surface area contributed by atoms with Gasteiger partial charge < -0.3 is 4.74 Å². The van der Waals surface area contributed by atoms with E-state index in [1.807, 2.05) is 20.8 Å². The van der Waals surface area contributed by atoms with Crippen LogP contribution in [0.3, 0.4) is 0 Å². The van der Waals surface area contributed by atoms with E-state index in [1.165, 1.54) is 31.3 Å². The minimum atomic E-state index is -0.546. The Morgan fingerprint density at radius 3 is 2.64 bits per heavy atom. The topological polar surface area (TPSA) is 69.4 Å². The van der Waals surface area contributed by atoms with E-state index in [1.54, 1.807) is 0 Å². The molecule has 0 spiro atoms. The highest BCUT2D eigenvalue weighted by molar-refractivity contribution is 5.71. The highest BCUT2D eigenvalue weighted by Crippen LogP contribution is 2.60. The Labute approximate surface area is 150 Å². The number of carbonyl (C=O) groups is 1. The fraction of sp³-hybridized carbons (Fsp3) is 0.850. The average Bonchev–Trinajstić information content (AvgIpc) is 3.04. The van der Waals surface area contributed by atoms with Crippen LogP contribution in [0.5, 0.6) is 0 Å². The maximum Gasteiger partial charge on any atom is 0.307 e. The van der Waals surface area contributed by atoms with Crippen LogP contribution in [-0.4, -0.2) is 23.0 Å². The van der Waals surface area contributed by atoms with Crippen LogP contribution < -0.4 is 0 Å². The number of fused-ring (bicyclic) bond motifs is 1. The third kappa shape index (κ3) is 4.24. The number of esters is 1. The number of ether oxygens (including phenoxy) is 1. The SMILES string of the molecule is CC(C)(C)OC(=O)C[C@]1(C[N+](=O)[O-])C[C@@H]2CC(CC3CCCC3)=C[C@@H]21. The second-order valence-electron chi connectivity index (χ2n) is 9.49. The lowest BCUT2D eigenvalue weighted by Gasteiger charge is -2.49. The standard InChI is InChI=1S/C20H31NO4/c1-19(2,3)25-18(22)12-20(13-21(23)24)11-16-9-15(10-17(16)20)8-14-6-4-5-7-14/h10,14,16-17H,4-9,11-13H2,1-3H3/t16-,17-,20-/m0/s1. The third-order valence-electron chi connectivity index (χ3n) is 6.21. The zero-order valence-electron chi connectivity index (χ0n) is 15.8. The molecule has 0 saturated heterocycles. The van der Waals surface area contributed by atoms with Crippen molar-refractivity contribution in [3.8, 4) is 0 Å². The van der Waals surface area contributed by atoms with E-state index in [9.17, 15) is 14.9 Å². The first-order valence-electron chi connectivity index (χ1n) is 9.70. The molecule has 3 aliphatic carbocycles. The highest BCUT2D eigenvalue weighted by atomic mass is 16.6. The van der Waals surface area contributed by atoms with Crippen LogP contribution in [0.15, 0.2) is 11.6 Å². The van der Waals surface area contributed by atoms with E-state index in [2.05, 4.69) is 6.08 Å². The molecule has 2 fully saturated rings. The van der Waals surface area contributed by atoms with Gasteiger partial charge in [0.1, 0.15) is 5.60 Å². The second-order valence-corrected chi connectivity index (χ2v) is 9.49. The van der Waals surface area contributed by atoms with E-state index in [4.69, 9.17) is 4.74 Å². The molecular formula is C20H31NO4. The number of carbonyl (C=O) groups excluding carboxylic acids is 1. The summed E-state index contributed by atoms with van der Waals surface area (Å²) in [6, 6.07) is 0. The predicted molar refractivity (Wildman–Crippen MR) is 95.6 cm³/mol. The number of nitro groups is 1. The van der Waals surface area contributed by atoms with Crippen molar-refractivity contribution in [1.29, 1.82) is 0 Å². The lowest BCUT2D eigenvalue weighted by molar-refractivity contribution is -0.506. The van der Waals surface area contributed by atoms with Gasteiger partial charge in [-0.3, -0.25) is 14.9 Å². The van der Waals surface area contributed by atoms with Crippen molar-refractivity contribution < 1.29 is 14.5 Å². The van der Waals surface area contributed by atoms with Gasteiger partial charge in [0.2, 0.25) is 6.54 Å². The summed E-state index contributed by atoms with van der Waals surface area (Å²) >= 11 is 0. The third-order valence-corrected chi connectivity index (χ3v) is 6.21. The number of nitrogens with zero attached hydrogens (tertiary/aromatic N) is 1. The van der Waals surface area contributed by atoms with E-state index in [0.29, 0.717) is 5.92 Å². The zero-order chi connectivity index (χ0) is 18.2. The first kappa shape index (κ1) is 18.4. The van der Waals surface area contributed by atoms with Crippen molar-refractivity contribution in [1.82, 2.24) is 0 Å². The summed E-state index contributed by atoms with van der Waals surface area (Å²) in [6.07, 6.45) is 10.8. The van der Waals surface area contributed by atoms with E-state index in [-0.39, 0.29) is 29.8 Å². The molecule has 0 aromatic rings. The largest absolute Gasteiger partial charge is 0.460 e. The molecule has 3 aliphatic rings. The summed E-state index contributed by atoms with van der Waals surface area (Å²) in [5.74, 6) is 1.19. The van der Waals surface area contributed by atoms with Crippen molar-refractivity contribution in [3.63, 3.8) is 0 Å². The molecule has 0 amide bonds. The molecule has 0 bridgehead atoms. The Morgan fingerprint density at radius 2 is 2.04 bits per heavy atom. The summed E-state index contributed by atoms with van der Waals surface area (Å²) < 4.78 is 5.45. The molecule has 5 nitrogen and oxygen atoms in total. The molecule has 3 rings (SSSR count). The molecule has 0 aromatic carbocycles. The van der Waals surface area contributed by atoms with Crippen molar-refractivity contribution in [2.24, 2.45) is 23.2 Å². The fourth-order valence-electron chi connectivity index (χ4n) is 5.37. The first-order chi connectivity index (χ1) is 11.7. The maximum atomic E-state index is 12.3. The summed E-state index contributed by atoms with van der Waals surface area (Å²) in [6.45, 7) is 5.39. The van der Waals surface area contributed by atoms with Gasteiger partial charge in [0.05, 0.1) is 11.8 Å². The number of hydrogen-bond donors (Lipinski definition) is 0. The minimum Gasteiger partial charge on any atom is -0.460 e. The Balaban J connectivity index is 1.68. The molecule has 140 valence electrons. The molecular weight excluding hydrogens is 318 g/mol. The van der Waals surface area contributed by atoms with E-state index < -0.39 is 11.0 Å². The average molecular weight is 349 g/mol. The van der Waals surface area contributed by atoms with Gasteiger partial charge in [-0.25, -0.2) is 0 Å². The van der Waals surface area contributed by atoms with E-state index in [0.717, 1.165) is 25.2 Å². The van der Waals surface area contributed by atoms with Gasteiger partial charge in [-0.2, -0.15) is 0 Å². The van der Waals surface area contributed by atoms with Crippen LogP contribution in [0.1, 0.15) is 72.1 Å². The van der Waals surface area contributed by atoms with E-state index >= 15 is 0 Å². The van der Waals surface area contributed by atoms with Crippen molar-refractivity contribution in [2.45, 2.75) is 77.7 Å². The van der Waals surface area contributed by atoms with Crippen LogP contribution in [0, 0.1) is 33.3 Å². The molecule has 0 aromatic heterocycles. The normalized spacial score (nSPS) is 32.0. The molecule has 0 radical (unpaired) electrons. The molecule has 0 N–H and O–H groups in total. The van der Waals surface area contributed by atoms with Crippen LogP contribution in [-0.2, 0) is 9.53 Å². The predicted octanol–water partition coefficient (Wildman–Crippen LogP) is 4.53. The number of hydrogen-bond acceptors (Lipinski definition) is 4. The Hall–Kier alpha value is -1.39. The quantitative estimate of drug-likeness (QED) is 0.306. The highest BCUT2D eigenvalue weighted by Gasteiger charge is 2.59. The summed E-state index contributed by atoms with van der Waals surface area (Å²) in [7, 11) is 0. The lowest BCUT2D eigenvalue weighted by Crippen LogP contribution is -2.51. The van der Waals surface area contributed by atoms with Crippen molar-refractivity contribution in [3.05, 3.63) is 21.8 Å². The van der Waals surface area contributed by atoms with Gasteiger partial charge in [-0.1, -0.05) is 37.3 Å². The van der Waals surface area contributed by atoms with Crippen molar-refractivity contribution >= 4 is 5.97 Å². The van der Waals surface area contributed by atoms with Gasteiger partial charge in [0.15, 0.2) is 0 Å². The van der Waals surface area contributed by atoms with Crippen LogP contribution in [0.4, 0.5) is 0 Å². The molecule has 3 atom stereocenters. The second kappa shape index (κ2) is 6.73. The van der Waals surface area contributed by atoms with Gasteiger partial charge in [-0.05, 0) is 57.8 Å². The van der Waals surface area contributed by atoms with Crippen molar-refractivity contribution in [2.75, 3.05) is 6.54 Å². The summed E-state index contributed by atoms with van der Waals surface area (Å²) in [4.78, 5) is 23.3. The number of rotatable bonds is 6.